The third-order valence-corrected chi connectivity index (χ3v) is 2.31. The number of hydrogen-bond acceptors (Lipinski definition) is 4. The van der Waals surface area contributed by atoms with Crippen LogP contribution >= 0.6 is 11.6 Å². The number of aromatic nitrogens is 2. The van der Waals surface area contributed by atoms with Crippen molar-refractivity contribution in [3.63, 3.8) is 0 Å². The number of nitrogens with one attached hydrogen (secondary N) is 1. The monoisotopic (exact) mass is 267 g/mol. The van der Waals surface area contributed by atoms with E-state index in [1.54, 1.807) is 12.1 Å². The first-order valence-corrected chi connectivity index (χ1v) is 5.23. The van der Waals surface area contributed by atoms with Gasteiger partial charge < -0.3 is 10.4 Å². The third kappa shape index (κ3) is 2.54. The molecule has 18 heavy (non-hydrogen) atoms. The van der Waals surface area contributed by atoms with Gasteiger partial charge in [0.05, 0.1) is 17.4 Å². The lowest BCUT2D eigenvalue weighted by atomic mass is 10.2. The molecule has 0 amide bonds. The number of rotatable bonds is 3. The molecule has 7 heteroatoms. The van der Waals surface area contributed by atoms with Gasteiger partial charge in [-0.15, -0.1) is 0 Å². The number of nitrogens with zero attached hydrogens (tertiary/aromatic N) is 2. The van der Waals surface area contributed by atoms with Gasteiger partial charge in [0.1, 0.15) is 0 Å². The molecule has 0 aliphatic heterocycles. The Labute approximate surface area is 106 Å². The molecular formula is C11H7ClFN3O2. The van der Waals surface area contributed by atoms with Crippen molar-refractivity contribution in [2.24, 2.45) is 0 Å². The molecule has 0 radical (unpaired) electrons. The van der Waals surface area contributed by atoms with Crippen molar-refractivity contribution in [3.8, 4) is 0 Å². The Morgan fingerprint density at radius 2 is 2.11 bits per heavy atom. The molecule has 0 saturated heterocycles. The topological polar surface area (TPSA) is 75.1 Å². The van der Waals surface area contributed by atoms with E-state index in [4.69, 9.17) is 16.7 Å². The van der Waals surface area contributed by atoms with Gasteiger partial charge in [-0.05, 0) is 23.7 Å². The minimum atomic E-state index is -1.13. The van der Waals surface area contributed by atoms with Crippen LogP contribution in [-0.2, 0) is 0 Å². The molecule has 0 aliphatic rings. The van der Waals surface area contributed by atoms with E-state index in [1.165, 1.54) is 12.1 Å². The van der Waals surface area contributed by atoms with Crippen molar-refractivity contribution >= 4 is 29.1 Å². The first-order valence-electron chi connectivity index (χ1n) is 4.85. The van der Waals surface area contributed by atoms with E-state index in [-0.39, 0.29) is 22.4 Å². The summed E-state index contributed by atoms with van der Waals surface area (Å²) < 4.78 is 13.4. The Balaban J connectivity index is 2.40. The first kappa shape index (κ1) is 12.3. The van der Waals surface area contributed by atoms with Gasteiger partial charge in [-0.1, -0.05) is 12.1 Å². The van der Waals surface area contributed by atoms with Crippen LogP contribution in [0.2, 0.25) is 5.28 Å². The number of aromatic carboxylic acids is 1. The minimum Gasteiger partial charge on any atom is -0.478 e. The molecule has 0 aliphatic carbocycles. The van der Waals surface area contributed by atoms with Crippen LogP contribution in [0.5, 0.6) is 0 Å². The molecule has 0 spiro atoms. The molecule has 2 aromatic rings. The number of anilines is 2. The number of carboxylic acids is 1. The third-order valence-electron chi connectivity index (χ3n) is 2.13. The number of hydrogen-bond donors (Lipinski definition) is 2. The van der Waals surface area contributed by atoms with E-state index < -0.39 is 11.8 Å². The zero-order valence-corrected chi connectivity index (χ0v) is 9.65. The standard InChI is InChI=1S/C11H7ClFN3O2/c12-11-14-5-7(13)9(16-11)15-8-4-2-1-3-6(8)10(17)18/h1-5H,(H,17,18)(H,14,15,16). The molecule has 92 valence electrons. The van der Waals surface area contributed by atoms with Gasteiger partial charge >= 0.3 is 5.97 Å². The number of carbonyl (C=O) groups is 1. The zero-order chi connectivity index (χ0) is 13.1. The highest BCUT2D eigenvalue weighted by Crippen LogP contribution is 2.22. The van der Waals surface area contributed by atoms with E-state index in [1.807, 2.05) is 0 Å². The van der Waals surface area contributed by atoms with E-state index in [9.17, 15) is 9.18 Å². The van der Waals surface area contributed by atoms with Crippen molar-refractivity contribution in [1.82, 2.24) is 9.97 Å². The maximum atomic E-state index is 13.4. The van der Waals surface area contributed by atoms with Gasteiger partial charge in [0, 0.05) is 0 Å². The Morgan fingerprint density at radius 1 is 1.39 bits per heavy atom. The average molecular weight is 268 g/mol. The highest BCUT2D eigenvalue weighted by molar-refractivity contribution is 6.28. The second-order valence-corrected chi connectivity index (χ2v) is 3.65. The van der Waals surface area contributed by atoms with Gasteiger partial charge in [0.15, 0.2) is 11.6 Å². The van der Waals surface area contributed by atoms with Crippen LogP contribution in [0.4, 0.5) is 15.9 Å². The van der Waals surface area contributed by atoms with Crippen LogP contribution in [0.15, 0.2) is 30.5 Å². The quantitative estimate of drug-likeness (QED) is 0.836. The van der Waals surface area contributed by atoms with E-state index in [2.05, 4.69) is 15.3 Å². The summed E-state index contributed by atoms with van der Waals surface area (Å²) in [6.45, 7) is 0. The van der Waals surface area contributed by atoms with Crippen LogP contribution in [0.1, 0.15) is 10.4 Å². The first-order chi connectivity index (χ1) is 8.58. The van der Waals surface area contributed by atoms with E-state index in [0.29, 0.717) is 0 Å². The Bertz CT molecular complexity index is 607. The summed E-state index contributed by atoms with van der Waals surface area (Å²) in [6, 6.07) is 6.08. The summed E-state index contributed by atoms with van der Waals surface area (Å²) >= 11 is 5.54. The summed E-state index contributed by atoms with van der Waals surface area (Å²) in [6.07, 6.45) is 0.904. The number of benzene rings is 1. The predicted molar refractivity (Wildman–Crippen MR) is 63.7 cm³/mol. The smallest absolute Gasteiger partial charge is 0.337 e. The molecule has 0 atom stereocenters. The number of para-hydroxylation sites is 1. The van der Waals surface area contributed by atoms with Crippen molar-refractivity contribution in [2.75, 3.05) is 5.32 Å². The molecule has 2 N–H and O–H groups in total. The molecule has 0 saturated carbocycles. The fraction of sp³-hybridized carbons (Fsp3) is 0. The molecule has 0 bridgehead atoms. The van der Waals surface area contributed by atoms with Gasteiger partial charge in [-0.2, -0.15) is 4.98 Å². The molecule has 5 nitrogen and oxygen atoms in total. The van der Waals surface area contributed by atoms with Crippen molar-refractivity contribution in [1.29, 1.82) is 0 Å². The lowest BCUT2D eigenvalue weighted by Crippen LogP contribution is -2.05. The number of halogens is 2. The molecule has 0 fully saturated rings. The second kappa shape index (κ2) is 4.97. The maximum Gasteiger partial charge on any atom is 0.337 e. The molecule has 1 aromatic carbocycles. The Kier molecular flexibility index (Phi) is 3.38. The molecule has 1 heterocycles. The molecule has 0 unspecified atom stereocenters. The fourth-order valence-corrected chi connectivity index (χ4v) is 1.47. The highest BCUT2D eigenvalue weighted by atomic mass is 35.5. The predicted octanol–water partition coefficient (Wildman–Crippen LogP) is 2.71. The fourth-order valence-electron chi connectivity index (χ4n) is 1.34. The van der Waals surface area contributed by atoms with Crippen molar-refractivity contribution in [3.05, 3.63) is 47.1 Å². The van der Waals surface area contributed by atoms with Gasteiger partial charge in [0.25, 0.3) is 0 Å². The van der Waals surface area contributed by atoms with Gasteiger partial charge in [-0.3, -0.25) is 0 Å². The van der Waals surface area contributed by atoms with E-state index >= 15 is 0 Å². The van der Waals surface area contributed by atoms with Gasteiger partial charge in [-0.25, -0.2) is 14.2 Å². The number of carboxylic acid groups (broad SMARTS) is 1. The van der Waals surface area contributed by atoms with Crippen LogP contribution in [-0.4, -0.2) is 21.0 Å². The highest BCUT2D eigenvalue weighted by Gasteiger charge is 2.12. The summed E-state index contributed by atoms with van der Waals surface area (Å²) in [5.74, 6) is -2.03. The lowest BCUT2D eigenvalue weighted by Gasteiger charge is -2.09. The normalized spacial score (nSPS) is 10.1. The Hall–Kier alpha value is -2.21. The largest absolute Gasteiger partial charge is 0.478 e. The van der Waals surface area contributed by atoms with Gasteiger partial charge in [0.2, 0.25) is 5.28 Å². The molecular weight excluding hydrogens is 261 g/mol. The van der Waals surface area contributed by atoms with Crippen molar-refractivity contribution < 1.29 is 14.3 Å². The molecule has 2 rings (SSSR count). The average Bonchev–Trinajstić information content (AvgIpc) is 2.34. The lowest BCUT2D eigenvalue weighted by molar-refractivity contribution is 0.0698. The van der Waals surface area contributed by atoms with Crippen molar-refractivity contribution in [2.45, 2.75) is 0 Å². The van der Waals surface area contributed by atoms with E-state index in [0.717, 1.165) is 6.20 Å². The van der Waals surface area contributed by atoms with Crippen LogP contribution in [0, 0.1) is 5.82 Å². The zero-order valence-electron chi connectivity index (χ0n) is 8.89. The Morgan fingerprint density at radius 3 is 2.83 bits per heavy atom. The summed E-state index contributed by atoms with van der Waals surface area (Å²) in [5.41, 5.74) is 0.227. The summed E-state index contributed by atoms with van der Waals surface area (Å²) in [4.78, 5) is 18.1. The summed E-state index contributed by atoms with van der Waals surface area (Å²) in [5, 5.41) is 11.4. The van der Waals surface area contributed by atoms with Crippen LogP contribution in [0.25, 0.3) is 0 Å². The SMILES string of the molecule is O=C(O)c1ccccc1Nc1nc(Cl)ncc1F. The second-order valence-electron chi connectivity index (χ2n) is 3.31. The van der Waals surface area contributed by atoms with Crippen LogP contribution in [0.3, 0.4) is 0 Å². The maximum absolute atomic E-state index is 13.4. The molecule has 1 aromatic heterocycles. The van der Waals surface area contributed by atoms with Crippen LogP contribution < -0.4 is 5.32 Å². The summed E-state index contributed by atoms with van der Waals surface area (Å²) in [7, 11) is 0. The minimum absolute atomic E-state index is 0.00614.